The summed E-state index contributed by atoms with van der Waals surface area (Å²) in [5.74, 6) is 0.698. The molecule has 2 atom stereocenters. The van der Waals surface area contributed by atoms with E-state index >= 15 is 0 Å². The second-order valence-corrected chi connectivity index (χ2v) is 8.40. The average molecular weight is 336 g/mol. The molecule has 24 heavy (non-hydrogen) atoms. The van der Waals surface area contributed by atoms with E-state index in [1.165, 1.54) is 45.2 Å². The van der Waals surface area contributed by atoms with Crippen LogP contribution in [0.4, 0.5) is 0 Å². The fraction of sp³-hybridized carbons (Fsp3) is 0.947. The molecule has 5 nitrogen and oxygen atoms in total. The number of carbonyl (C=O) groups is 1. The van der Waals surface area contributed by atoms with Gasteiger partial charge < -0.3 is 19.3 Å². The first-order valence-electron chi connectivity index (χ1n) is 9.95. The quantitative estimate of drug-likeness (QED) is 0.769. The smallest absolute Gasteiger partial charge is 0.248 e. The molecule has 1 saturated carbocycles. The molecule has 3 saturated heterocycles. The van der Waals surface area contributed by atoms with Crippen LogP contribution in [0.5, 0.6) is 0 Å². The van der Waals surface area contributed by atoms with Crippen LogP contribution < -0.4 is 0 Å². The number of hydrogen-bond donors (Lipinski definition) is 0. The van der Waals surface area contributed by atoms with Gasteiger partial charge in [-0.3, -0.25) is 4.79 Å². The zero-order valence-corrected chi connectivity index (χ0v) is 14.9. The van der Waals surface area contributed by atoms with E-state index < -0.39 is 0 Å². The number of amides is 1. The second kappa shape index (κ2) is 7.30. The Morgan fingerprint density at radius 3 is 2.71 bits per heavy atom. The zero-order chi connectivity index (χ0) is 16.4. The number of ether oxygens (including phenoxy) is 2. The van der Waals surface area contributed by atoms with Crippen molar-refractivity contribution in [3.05, 3.63) is 0 Å². The minimum absolute atomic E-state index is 0.167. The molecule has 3 aliphatic heterocycles. The maximum absolute atomic E-state index is 12.6. The number of piperidine rings is 1. The molecule has 0 aromatic heterocycles. The first-order chi connectivity index (χ1) is 11.8. The van der Waals surface area contributed by atoms with Crippen molar-refractivity contribution in [2.75, 3.05) is 52.5 Å². The normalized spacial score (nSPS) is 34.8. The molecule has 3 heterocycles. The lowest BCUT2D eigenvalue weighted by Crippen LogP contribution is -2.45. The predicted octanol–water partition coefficient (Wildman–Crippen LogP) is 1.91. The van der Waals surface area contributed by atoms with Crippen molar-refractivity contribution >= 4 is 5.91 Å². The van der Waals surface area contributed by atoms with Crippen molar-refractivity contribution in [2.45, 2.75) is 51.0 Å². The Hall–Kier alpha value is -0.650. The van der Waals surface area contributed by atoms with Gasteiger partial charge in [0.25, 0.3) is 0 Å². The number of nitrogens with zero attached hydrogens (tertiary/aromatic N) is 2. The minimum atomic E-state index is 0.167. The molecule has 1 aliphatic carbocycles. The summed E-state index contributed by atoms with van der Waals surface area (Å²) < 4.78 is 11.7. The summed E-state index contributed by atoms with van der Waals surface area (Å²) in [6, 6.07) is 0. The lowest BCUT2D eigenvalue weighted by molar-refractivity contribution is -0.137. The van der Waals surface area contributed by atoms with Crippen LogP contribution in [0.1, 0.15) is 44.9 Å². The monoisotopic (exact) mass is 336 g/mol. The highest BCUT2D eigenvalue weighted by atomic mass is 16.5. The van der Waals surface area contributed by atoms with Gasteiger partial charge in [-0.25, -0.2) is 0 Å². The Kier molecular flexibility index (Phi) is 5.11. The standard InChI is InChI=1S/C19H32N2O3/c22-18(12-24-17-6-2-3-7-17)21-10-16-11-23-15-19(16,14-21)13-20-8-4-1-5-9-20/h16-17H,1-15H2/t16-,19+/m1/s1. The van der Waals surface area contributed by atoms with Gasteiger partial charge in [0.15, 0.2) is 0 Å². The van der Waals surface area contributed by atoms with E-state index in [9.17, 15) is 4.79 Å². The summed E-state index contributed by atoms with van der Waals surface area (Å²) in [5, 5.41) is 0. The number of carbonyl (C=O) groups excluding carboxylic acids is 1. The Labute approximate surface area is 145 Å². The molecule has 4 rings (SSSR count). The highest BCUT2D eigenvalue weighted by molar-refractivity contribution is 5.78. The maximum atomic E-state index is 12.6. The molecule has 5 heteroatoms. The molecule has 4 fully saturated rings. The van der Waals surface area contributed by atoms with Gasteiger partial charge in [0, 0.05) is 31.0 Å². The highest BCUT2D eigenvalue weighted by Crippen LogP contribution is 2.42. The van der Waals surface area contributed by atoms with Crippen molar-refractivity contribution < 1.29 is 14.3 Å². The Balaban J connectivity index is 1.32. The van der Waals surface area contributed by atoms with Gasteiger partial charge in [0.05, 0.1) is 19.3 Å². The average Bonchev–Trinajstić information content (AvgIpc) is 3.29. The molecule has 136 valence electrons. The Morgan fingerprint density at radius 2 is 1.92 bits per heavy atom. The van der Waals surface area contributed by atoms with Gasteiger partial charge in [-0.1, -0.05) is 19.3 Å². The van der Waals surface area contributed by atoms with E-state index in [0.717, 1.165) is 45.7 Å². The first kappa shape index (κ1) is 16.8. The summed E-state index contributed by atoms with van der Waals surface area (Å²) in [6.07, 6.45) is 9.08. The van der Waals surface area contributed by atoms with Crippen LogP contribution in [0.3, 0.4) is 0 Å². The second-order valence-electron chi connectivity index (χ2n) is 8.40. The molecule has 0 unspecified atom stereocenters. The van der Waals surface area contributed by atoms with Crippen LogP contribution >= 0.6 is 0 Å². The molecule has 0 aromatic rings. The summed E-state index contributed by atoms with van der Waals surface area (Å²) >= 11 is 0. The van der Waals surface area contributed by atoms with Crippen LogP contribution in [0.25, 0.3) is 0 Å². The fourth-order valence-corrected chi connectivity index (χ4v) is 5.14. The van der Waals surface area contributed by atoms with Crippen molar-refractivity contribution in [1.82, 2.24) is 9.80 Å². The summed E-state index contributed by atoms with van der Waals surface area (Å²) in [6.45, 7) is 7.17. The zero-order valence-electron chi connectivity index (χ0n) is 14.9. The summed E-state index contributed by atoms with van der Waals surface area (Å²) in [7, 11) is 0. The molecule has 0 radical (unpaired) electrons. The molecule has 4 aliphatic rings. The third kappa shape index (κ3) is 3.49. The first-order valence-corrected chi connectivity index (χ1v) is 9.95. The predicted molar refractivity (Wildman–Crippen MR) is 91.8 cm³/mol. The highest BCUT2D eigenvalue weighted by Gasteiger charge is 2.52. The lowest BCUT2D eigenvalue weighted by atomic mass is 9.80. The molecule has 0 spiro atoms. The van der Waals surface area contributed by atoms with Gasteiger partial charge in [0.2, 0.25) is 5.91 Å². The van der Waals surface area contributed by atoms with E-state index in [-0.39, 0.29) is 17.9 Å². The van der Waals surface area contributed by atoms with E-state index in [2.05, 4.69) is 9.80 Å². The summed E-state index contributed by atoms with van der Waals surface area (Å²) in [5.41, 5.74) is 0.167. The van der Waals surface area contributed by atoms with Gasteiger partial charge >= 0.3 is 0 Å². The van der Waals surface area contributed by atoms with E-state index in [0.29, 0.717) is 12.0 Å². The fourth-order valence-electron chi connectivity index (χ4n) is 5.14. The number of hydrogen-bond acceptors (Lipinski definition) is 4. The van der Waals surface area contributed by atoms with Crippen LogP contribution in [0.2, 0.25) is 0 Å². The number of fused-ring (bicyclic) bond motifs is 1. The van der Waals surface area contributed by atoms with Crippen molar-refractivity contribution in [1.29, 1.82) is 0 Å². The van der Waals surface area contributed by atoms with Crippen LogP contribution in [-0.4, -0.2) is 74.4 Å². The van der Waals surface area contributed by atoms with E-state index in [1.54, 1.807) is 0 Å². The van der Waals surface area contributed by atoms with Crippen LogP contribution in [-0.2, 0) is 14.3 Å². The van der Waals surface area contributed by atoms with Crippen molar-refractivity contribution in [3.8, 4) is 0 Å². The molecule has 0 bridgehead atoms. The third-order valence-corrected chi connectivity index (χ3v) is 6.61. The largest absolute Gasteiger partial charge is 0.380 e. The van der Waals surface area contributed by atoms with E-state index in [4.69, 9.17) is 9.47 Å². The van der Waals surface area contributed by atoms with Crippen LogP contribution in [0.15, 0.2) is 0 Å². The number of rotatable bonds is 5. The lowest BCUT2D eigenvalue weighted by Gasteiger charge is -2.36. The van der Waals surface area contributed by atoms with Crippen molar-refractivity contribution in [2.24, 2.45) is 11.3 Å². The maximum Gasteiger partial charge on any atom is 0.248 e. The molecular formula is C19H32N2O3. The number of likely N-dealkylation sites (tertiary alicyclic amines) is 2. The third-order valence-electron chi connectivity index (χ3n) is 6.61. The molecule has 0 N–H and O–H groups in total. The van der Waals surface area contributed by atoms with Crippen molar-refractivity contribution in [3.63, 3.8) is 0 Å². The molecule has 1 amide bonds. The Bertz CT molecular complexity index is 446. The molecule has 0 aromatic carbocycles. The van der Waals surface area contributed by atoms with Gasteiger partial charge in [-0.05, 0) is 38.8 Å². The minimum Gasteiger partial charge on any atom is -0.380 e. The molecular weight excluding hydrogens is 304 g/mol. The SMILES string of the molecule is O=C(COC1CCCC1)N1C[C@@H]2COC[C@]2(CN2CCCCC2)C1. The van der Waals surface area contributed by atoms with E-state index in [1.807, 2.05) is 0 Å². The van der Waals surface area contributed by atoms with Gasteiger partial charge in [0.1, 0.15) is 6.61 Å². The Morgan fingerprint density at radius 1 is 1.12 bits per heavy atom. The van der Waals surface area contributed by atoms with Gasteiger partial charge in [-0.15, -0.1) is 0 Å². The van der Waals surface area contributed by atoms with Gasteiger partial charge in [-0.2, -0.15) is 0 Å². The topological polar surface area (TPSA) is 42.0 Å². The van der Waals surface area contributed by atoms with Crippen LogP contribution in [0, 0.1) is 11.3 Å². The summed E-state index contributed by atoms with van der Waals surface area (Å²) in [4.78, 5) is 17.3.